The van der Waals surface area contributed by atoms with Crippen molar-refractivity contribution in [2.45, 2.75) is 49.4 Å². The van der Waals surface area contributed by atoms with Crippen molar-refractivity contribution in [2.24, 2.45) is 17.6 Å². The minimum Gasteiger partial charge on any atom is -0.352 e. The van der Waals surface area contributed by atoms with Gasteiger partial charge in [0.25, 0.3) is 0 Å². The van der Waals surface area contributed by atoms with Gasteiger partial charge < -0.3 is 11.1 Å². The first-order chi connectivity index (χ1) is 10.7. The molecule has 0 radical (unpaired) electrons. The summed E-state index contributed by atoms with van der Waals surface area (Å²) in [6, 6.07) is 10.7. The number of rotatable bonds is 4. The van der Waals surface area contributed by atoms with Gasteiger partial charge in [0.2, 0.25) is 5.91 Å². The van der Waals surface area contributed by atoms with Crippen LogP contribution < -0.4 is 11.1 Å². The van der Waals surface area contributed by atoms with E-state index in [1.807, 2.05) is 36.6 Å². The fraction of sp³-hybridized carbons (Fsp3) is 0.611. The maximum absolute atomic E-state index is 12.8. The van der Waals surface area contributed by atoms with Crippen molar-refractivity contribution in [1.82, 2.24) is 5.32 Å². The van der Waals surface area contributed by atoms with Crippen molar-refractivity contribution >= 4 is 17.7 Å². The van der Waals surface area contributed by atoms with E-state index in [4.69, 9.17) is 5.73 Å². The topological polar surface area (TPSA) is 55.1 Å². The normalized spacial score (nSPS) is 32.3. The number of amides is 1. The Labute approximate surface area is 137 Å². The molecule has 3 nitrogen and oxygen atoms in total. The molecule has 3 rings (SSSR count). The molecule has 1 amide bonds. The molecular formula is C18H26N2OS. The van der Waals surface area contributed by atoms with Gasteiger partial charge in [-0.05, 0) is 49.3 Å². The van der Waals surface area contributed by atoms with Crippen LogP contribution in [0.4, 0.5) is 0 Å². The van der Waals surface area contributed by atoms with Crippen LogP contribution in [0.25, 0.3) is 0 Å². The zero-order valence-electron chi connectivity index (χ0n) is 13.2. The van der Waals surface area contributed by atoms with Gasteiger partial charge in [-0.1, -0.05) is 36.8 Å². The molecule has 22 heavy (non-hydrogen) atoms. The highest BCUT2D eigenvalue weighted by Crippen LogP contribution is 2.40. The molecule has 2 aliphatic carbocycles. The molecule has 2 saturated carbocycles. The van der Waals surface area contributed by atoms with Crippen molar-refractivity contribution in [2.75, 3.05) is 6.26 Å². The molecule has 1 aromatic rings. The van der Waals surface area contributed by atoms with Gasteiger partial charge in [0, 0.05) is 12.1 Å². The Morgan fingerprint density at radius 2 is 1.86 bits per heavy atom. The van der Waals surface area contributed by atoms with Gasteiger partial charge in [0.1, 0.15) is 5.25 Å². The summed E-state index contributed by atoms with van der Waals surface area (Å²) in [5.74, 6) is 1.31. The standard InChI is InChI=1S/C18H26N2OS/c1-22-17(12-6-3-2-4-7-12)18(21)20-16-13-8-5-9-14(16)11-15(19)10-13/h2-4,6-7,13-17H,5,8-11,19H2,1H3,(H,20,21). The average molecular weight is 318 g/mol. The molecule has 2 bridgehead atoms. The number of carbonyl (C=O) groups is 1. The third-order valence-electron chi connectivity index (χ3n) is 5.26. The molecule has 2 aliphatic rings. The number of hydrogen-bond donors (Lipinski definition) is 2. The molecule has 2 fully saturated rings. The average Bonchev–Trinajstić information content (AvgIpc) is 2.50. The van der Waals surface area contributed by atoms with Crippen LogP contribution in [0.3, 0.4) is 0 Å². The molecule has 3 unspecified atom stereocenters. The van der Waals surface area contributed by atoms with Crippen molar-refractivity contribution in [3.05, 3.63) is 35.9 Å². The van der Waals surface area contributed by atoms with Crippen LogP contribution >= 0.6 is 11.8 Å². The molecule has 0 saturated heterocycles. The first-order valence-electron chi connectivity index (χ1n) is 8.32. The van der Waals surface area contributed by atoms with Gasteiger partial charge in [0.15, 0.2) is 0 Å². The van der Waals surface area contributed by atoms with E-state index in [1.54, 1.807) is 11.8 Å². The summed E-state index contributed by atoms with van der Waals surface area (Å²) in [7, 11) is 0. The van der Waals surface area contributed by atoms with E-state index < -0.39 is 0 Å². The number of benzene rings is 1. The number of carbonyl (C=O) groups excluding carboxylic acids is 1. The van der Waals surface area contributed by atoms with E-state index in [9.17, 15) is 4.79 Å². The van der Waals surface area contributed by atoms with Gasteiger partial charge in [0.05, 0.1) is 0 Å². The first-order valence-corrected chi connectivity index (χ1v) is 9.61. The molecule has 0 spiro atoms. The van der Waals surface area contributed by atoms with Gasteiger partial charge in [-0.25, -0.2) is 0 Å². The SMILES string of the molecule is CSC(C(=O)NC1C2CCCC1CC(N)C2)c1ccccc1. The lowest BCUT2D eigenvalue weighted by Crippen LogP contribution is -2.54. The summed E-state index contributed by atoms with van der Waals surface area (Å²) < 4.78 is 0. The van der Waals surface area contributed by atoms with Crippen LogP contribution in [0.5, 0.6) is 0 Å². The van der Waals surface area contributed by atoms with Crippen molar-refractivity contribution < 1.29 is 4.79 Å². The Hall–Kier alpha value is -1.00. The maximum Gasteiger partial charge on any atom is 0.237 e. The number of fused-ring (bicyclic) bond motifs is 2. The third kappa shape index (κ3) is 3.33. The quantitative estimate of drug-likeness (QED) is 0.897. The number of hydrogen-bond acceptors (Lipinski definition) is 3. The number of nitrogens with two attached hydrogens (primary N) is 1. The van der Waals surface area contributed by atoms with Crippen LogP contribution in [0.15, 0.2) is 30.3 Å². The van der Waals surface area contributed by atoms with E-state index in [-0.39, 0.29) is 11.2 Å². The minimum absolute atomic E-state index is 0.113. The van der Waals surface area contributed by atoms with E-state index in [0.717, 1.165) is 18.4 Å². The van der Waals surface area contributed by atoms with E-state index in [0.29, 0.717) is 23.9 Å². The smallest absolute Gasteiger partial charge is 0.237 e. The Morgan fingerprint density at radius 1 is 1.23 bits per heavy atom. The molecule has 1 aromatic carbocycles. The Balaban J connectivity index is 1.70. The molecule has 4 heteroatoms. The Bertz CT molecular complexity index is 493. The second kappa shape index (κ2) is 7.05. The molecule has 3 atom stereocenters. The summed E-state index contributed by atoms with van der Waals surface area (Å²) in [6.07, 6.45) is 7.86. The summed E-state index contributed by atoms with van der Waals surface area (Å²) in [6.45, 7) is 0. The fourth-order valence-electron chi connectivity index (χ4n) is 4.29. The maximum atomic E-state index is 12.8. The van der Waals surface area contributed by atoms with Gasteiger partial charge >= 0.3 is 0 Å². The van der Waals surface area contributed by atoms with Gasteiger partial charge in [-0.2, -0.15) is 0 Å². The molecule has 0 aromatic heterocycles. The molecule has 120 valence electrons. The van der Waals surface area contributed by atoms with Crippen molar-refractivity contribution in [3.63, 3.8) is 0 Å². The lowest BCUT2D eigenvalue weighted by molar-refractivity contribution is -0.123. The second-order valence-corrected chi connectivity index (χ2v) is 7.69. The summed E-state index contributed by atoms with van der Waals surface area (Å²) in [5, 5.41) is 3.26. The van der Waals surface area contributed by atoms with Gasteiger partial charge in [-0.3, -0.25) is 4.79 Å². The fourth-order valence-corrected chi connectivity index (χ4v) is 5.00. The number of nitrogens with one attached hydrogen (secondary N) is 1. The number of thioether (sulfide) groups is 1. The highest BCUT2D eigenvalue weighted by atomic mass is 32.2. The highest BCUT2D eigenvalue weighted by molar-refractivity contribution is 7.99. The molecule has 3 N–H and O–H groups in total. The minimum atomic E-state index is -0.113. The third-order valence-corrected chi connectivity index (χ3v) is 6.22. The lowest BCUT2D eigenvalue weighted by Gasteiger charge is -2.45. The van der Waals surface area contributed by atoms with Crippen LogP contribution in [-0.2, 0) is 4.79 Å². The zero-order valence-corrected chi connectivity index (χ0v) is 14.0. The first kappa shape index (κ1) is 15.9. The molecule has 0 heterocycles. The second-order valence-electron chi connectivity index (χ2n) is 6.74. The monoisotopic (exact) mass is 318 g/mol. The predicted octanol–water partition coefficient (Wildman–Crippen LogP) is 3.11. The summed E-state index contributed by atoms with van der Waals surface area (Å²) in [4.78, 5) is 12.8. The molecular weight excluding hydrogens is 292 g/mol. The van der Waals surface area contributed by atoms with E-state index in [1.165, 1.54) is 19.3 Å². The predicted molar refractivity (Wildman–Crippen MR) is 92.7 cm³/mol. The van der Waals surface area contributed by atoms with Crippen molar-refractivity contribution in [1.29, 1.82) is 0 Å². The molecule has 0 aliphatic heterocycles. The van der Waals surface area contributed by atoms with E-state index >= 15 is 0 Å². The Morgan fingerprint density at radius 3 is 2.45 bits per heavy atom. The van der Waals surface area contributed by atoms with Gasteiger partial charge in [-0.15, -0.1) is 11.8 Å². The summed E-state index contributed by atoms with van der Waals surface area (Å²) in [5.41, 5.74) is 7.27. The Kier molecular flexibility index (Phi) is 5.09. The van der Waals surface area contributed by atoms with Crippen molar-refractivity contribution in [3.8, 4) is 0 Å². The largest absolute Gasteiger partial charge is 0.352 e. The van der Waals surface area contributed by atoms with E-state index in [2.05, 4.69) is 5.32 Å². The van der Waals surface area contributed by atoms with Crippen LogP contribution in [-0.4, -0.2) is 24.2 Å². The highest BCUT2D eigenvalue weighted by Gasteiger charge is 2.40. The lowest BCUT2D eigenvalue weighted by atomic mass is 9.67. The van der Waals surface area contributed by atoms with Crippen LogP contribution in [0, 0.1) is 11.8 Å². The zero-order chi connectivity index (χ0) is 15.5. The van der Waals surface area contributed by atoms with Crippen LogP contribution in [0.2, 0.25) is 0 Å². The van der Waals surface area contributed by atoms with Crippen LogP contribution in [0.1, 0.15) is 42.9 Å². The summed E-state index contributed by atoms with van der Waals surface area (Å²) >= 11 is 1.61.